The average Bonchev–Trinajstić information content (AvgIpc) is 3.44. The van der Waals surface area contributed by atoms with Gasteiger partial charge in [0.2, 0.25) is 5.91 Å². The van der Waals surface area contributed by atoms with Crippen molar-refractivity contribution in [2.75, 3.05) is 45.2 Å². The highest BCUT2D eigenvalue weighted by Crippen LogP contribution is 2.67. The summed E-state index contributed by atoms with van der Waals surface area (Å²) in [7, 11) is 3.84. The molecule has 1 amide bonds. The van der Waals surface area contributed by atoms with Crippen LogP contribution in [-0.2, 0) is 9.53 Å². The molecule has 8 nitrogen and oxygen atoms in total. The average molecular weight is 483 g/mol. The standard InChI is InChI=1S/C28H30N6O2/c1-33-9-11-34(12-10-33)25-8-4-18(16-29-25)26-20-6-3-17(13-24(20)31-32-26)22-15-28(22)21-14-19(36-2)5-7-23(21)30-27(28)35/h3-8,13-14,16,21-23H,9-12,15H2,1-2H3,(H,30,35)(H,31,32)/t21?,22?,23?,28-/m0/s1. The van der Waals surface area contributed by atoms with E-state index in [-0.39, 0.29) is 23.8 Å². The molecule has 2 aliphatic carbocycles. The number of nitrogens with one attached hydrogen (secondary N) is 2. The molecular formula is C28H30N6O2. The van der Waals surface area contributed by atoms with Gasteiger partial charge < -0.3 is 19.9 Å². The van der Waals surface area contributed by atoms with E-state index in [1.54, 1.807) is 7.11 Å². The van der Waals surface area contributed by atoms with E-state index in [1.807, 2.05) is 12.3 Å². The lowest BCUT2D eigenvalue weighted by Gasteiger charge is -2.33. The molecule has 0 bridgehead atoms. The predicted octanol–water partition coefficient (Wildman–Crippen LogP) is 3.07. The predicted molar refractivity (Wildman–Crippen MR) is 138 cm³/mol. The monoisotopic (exact) mass is 482 g/mol. The lowest BCUT2D eigenvalue weighted by Crippen LogP contribution is -2.44. The Labute approximate surface area is 210 Å². The molecule has 4 atom stereocenters. The number of carbonyl (C=O) groups is 1. The van der Waals surface area contributed by atoms with Crippen molar-refractivity contribution in [2.24, 2.45) is 11.3 Å². The molecular weight excluding hydrogens is 452 g/mol. The van der Waals surface area contributed by atoms with Crippen LogP contribution < -0.4 is 10.2 Å². The van der Waals surface area contributed by atoms with Crippen LogP contribution in [0.25, 0.3) is 22.2 Å². The summed E-state index contributed by atoms with van der Waals surface area (Å²) in [5, 5.41) is 12.1. The number of hydrogen-bond donors (Lipinski definition) is 2. The number of H-pyrrole nitrogens is 1. The van der Waals surface area contributed by atoms with Gasteiger partial charge in [-0.15, -0.1) is 0 Å². The second-order valence-electron chi connectivity index (χ2n) is 10.5. The number of anilines is 1. The van der Waals surface area contributed by atoms with Crippen LogP contribution in [0.5, 0.6) is 0 Å². The number of benzene rings is 1. The first-order chi connectivity index (χ1) is 17.6. The maximum atomic E-state index is 13.1. The number of allylic oxidation sites excluding steroid dienone is 1. The van der Waals surface area contributed by atoms with Crippen molar-refractivity contribution in [2.45, 2.75) is 18.4 Å². The van der Waals surface area contributed by atoms with Crippen molar-refractivity contribution in [3.8, 4) is 11.3 Å². The molecule has 1 aromatic carbocycles. The highest BCUT2D eigenvalue weighted by atomic mass is 16.5. The molecule has 2 N–H and O–H groups in total. The summed E-state index contributed by atoms with van der Waals surface area (Å²) in [6.07, 6.45) is 8.90. The van der Waals surface area contributed by atoms with Crippen LogP contribution in [0.2, 0.25) is 0 Å². The number of hydrogen-bond acceptors (Lipinski definition) is 6. The van der Waals surface area contributed by atoms with Gasteiger partial charge in [-0.1, -0.05) is 18.2 Å². The minimum absolute atomic E-state index is 0.0465. The van der Waals surface area contributed by atoms with Crippen molar-refractivity contribution >= 4 is 22.6 Å². The van der Waals surface area contributed by atoms with Crippen molar-refractivity contribution in [1.29, 1.82) is 0 Å². The summed E-state index contributed by atoms with van der Waals surface area (Å²) in [4.78, 5) is 22.5. The molecule has 2 aliphatic heterocycles. The lowest BCUT2D eigenvalue weighted by atomic mass is 9.81. The van der Waals surface area contributed by atoms with Crippen LogP contribution in [0, 0.1) is 11.3 Å². The Kier molecular flexibility index (Phi) is 4.76. The Morgan fingerprint density at radius 2 is 2.00 bits per heavy atom. The first-order valence-electron chi connectivity index (χ1n) is 12.7. The maximum Gasteiger partial charge on any atom is 0.228 e. The van der Waals surface area contributed by atoms with E-state index in [0.29, 0.717) is 0 Å². The van der Waals surface area contributed by atoms with E-state index in [1.165, 1.54) is 5.56 Å². The zero-order chi connectivity index (χ0) is 24.4. The third-order valence-electron chi connectivity index (χ3n) is 8.59. The number of aromatic nitrogens is 3. The van der Waals surface area contributed by atoms with E-state index in [9.17, 15) is 4.79 Å². The molecule has 3 aromatic rings. The van der Waals surface area contributed by atoms with Crippen molar-refractivity contribution < 1.29 is 9.53 Å². The zero-order valence-electron chi connectivity index (χ0n) is 20.6. The van der Waals surface area contributed by atoms with Crippen LogP contribution in [0.3, 0.4) is 0 Å². The van der Waals surface area contributed by atoms with Crippen LogP contribution in [-0.4, -0.2) is 72.4 Å². The van der Waals surface area contributed by atoms with Gasteiger partial charge in [-0.3, -0.25) is 9.89 Å². The molecule has 184 valence electrons. The third-order valence-corrected chi connectivity index (χ3v) is 8.59. The second-order valence-corrected chi connectivity index (χ2v) is 10.5. The number of piperazine rings is 1. The lowest BCUT2D eigenvalue weighted by molar-refractivity contribution is -0.124. The molecule has 36 heavy (non-hydrogen) atoms. The first kappa shape index (κ1) is 21.6. The molecule has 4 heterocycles. The molecule has 3 unspecified atom stereocenters. The molecule has 2 saturated heterocycles. The molecule has 0 radical (unpaired) electrons. The molecule has 7 rings (SSSR count). The van der Waals surface area contributed by atoms with Crippen LogP contribution in [0.4, 0.5) is 5.82 Å². The number of likely N-dealkylation sites (N-methyl/N-ethyl adjacent to an activating group) is 1. The largest absolute Gasteiger partial charge is 0.497 e. The molecule has 1 spiro atoms. The normalized spacial score (nSPS) is 29.4. The number of nitrogens with zero attached hydrogens (tertiary/aromatic N) is 4. The van der Waals surface area contributed by atoms with Crippen molar-refractivity contribution in [3.05, 3.63) is 66.1 Å². The quantitative estimate of drug-likeness (QED) is 0.595. The van der Waals surface area contributed by atoms with Gasteiger partial charge in [0, 0.05) is 55.2 Å². The van der Waals surface area contributed by atoms with E-state index in [0.717, 1.165) is 66.3 Å². The number of fused-ring (bicyclic) bond motifs is 3. The van der Waals surface area contributed by atoms with Crippen LogP contribution in [0.1, 0.15) is 17.9 Å². The fraction of sp³-hybridized carbons (Fsp3) is 0.393. The number of rotatable bonds is 4. The Morgan fingerprint density at radius 1 is 1.14 bits per heavy atom. The first-order valence-corrected chi connectivity index (χ1v) is 12.7. The number of carbonyl (C=O) groups excluding carboxylic acids is 1. The molecule has 4 aliphatic rings. The molecule has 3 fully saturated rings. The second kappa shape index (κ2) is 7.93. The van der Waals surface area contributed by atoms with Gasteiger partial charge in [-0.05, 0) is 49.4 Å². The minimum atomic E-state index is -0.390. The summed E-state index contributed by atoms with van der Waals surface area (Å²) in [5.41, 5.74) is 3.68. The highest BCUT2D eigenvalue weighted by molar-refractivity contribution is 5.95. The van der Waals surface area contributed by atoms with Gasteiger partial charge in [0.05, 0.1) is 24.1 Å². The van der Waals surface area contributed by atoms with Gasteiger partial charge in [0.25, 0.3) is 0 Å². The molecule has 8 heteroatoms. The SMILES string of the molecule is COC1=CC2C(C=C1)NC(=O)[C@@]21CC1c1ccc2c(-c3ccc(N4CCN(C)CC4)nc3)n[nH]c2c1. The Hall–Kier alpha value is -3.65. The summed E-state index contributed by atoms with van der Waals surface area (Å²) < 4.78 is 5.46. The van der Waals surface area contributed by atoms with Crippen molar-refractivity contribution in [3.63, 3.8) is 0 Å². The van der Waals surface area contributed by atoms with Crippen LogP contribution >= 0.6 is 0 Å². The topological polar surface area (TPSA) is 86.4 Å². The van der Waals surface area contributed by atoms with E-state index in [2.05, 4.69) is 74.8 Å². The minimum Gasteiger partial charge on any atom is -0.497 e. The van der Waals surface area contributed by atoms with E-state index < -0.39 is 5.41 Å². The highest BCUT2D eigenvalue weighted by Gasteiger charge is 2.69. The summed E-state index contributed by atoms with van der Waals surface area (Å²) >= 11 is 0. The maximum absolute atomic E-state index is 13.1. The van der Waals surface area contributed by atoms with E-state index in [4.69, 9.17) is 9.72 Å². The van der Waals surface area contributed by atoms with Gasteiger partial charge >= 0.3 is 0 Å². The van der Waals surface area contributed by atoms with Gasteiger partial charge in [-0.25, -0.2) is 4.98 Å². The fourth-order valence-corrected chi connectivity index (χ4v) is 6.37. The number of aromatic amines is 1. The van der Waals surface area contributed by atoms with Crippen LogP contribution in [0.15, 0.2) is 60.5 Å². The summed E-state index contributed by atoms with van der Waals surface area (Å²) in [5.74, 6) is 2.31. The third kappa shape index (κ3) is 3.20. The Morgan fingerprint density at radius 3 is 2.78 bits per heavy atom. The van der Waals surface area contributed by atoms with Gasteiger partial charge in [0.15, 0.2) is 0 Å². The number of amides is 1. The smallest absolute Gasteiger partial charge is 0.228 e. The summed E-state index contributed by atoms with van der Waals surface area (Å²) in [6.45, 7) is 4.11. The number of methoxy groups -OCH3 is 1. The van der Waals surface area contributed by atoms with Gasteiger partial charge in [0.1, 0.15) is 17.3 Å². The molecule has 1 saturated carbocycles. The van der Waals surface area contributed by atoms with Gasteiger partial charge in [-0.2, -0.15) is 5.10 Å². The number of pyridine rings is 1. The Bertz CT molecular complexity index is 1400. The van der Waals surface area contributed by atoms with E-state index >= 15 is 0 Å². The number of ether oxygens (including phenoxy) is 1. The fourth-order valence-electron chi connectivity index (χ4n) is 6.37. The summed E-state index contributed by atoms with van der Waals surface area (Å²) in [6, 6.07) is 10.7. The Balaban J connectivity index is 1.14. The van der Waals surface area contributed by atoms with Crippen molar-refractivity contribution in [1.82, 2.24) is 25.4 Å². The molecule has 2 aromatic heterocycles. The zero-order valence-corrected chi connectivity index (χ0v) is 20.6.